The molecule has 3 N–H and O–H groups in total. The number of hydrogen-bond donors (Lipinski definition) is 2. The fourth-order valence-corrected chi connectivity index (χ4v) is 3.65. The van der Waals surface area contributed by atoms with Crippen molar-refractivity contribution in [1.82, 2.24) is 10.2 Å². The summed E-state index contributed by atoms with van der Waals surface area (Å²) in [6, 6.07) is 4.59. The van der Waals surface area contributed by atoms with E-state index in [0.29, 0.717) is 25.6 Å². The molecule has 1 aromatic rings. The maximum absolute atomic E-state index is 11.8. The van der Waals surface area contributed by atoms with Gasteiger partial charge in [0.2, 0.25) is 5.91 Å². The van der Waals surface area contributed by atoms with Gasteiger partial charge in [-0.15, -0.1) is 11.3 Å². The van der Waals surface area contributed by atoms with Crippen molar-refractivity contribution in [3.05, 3.63) is 22.4 Å². The average Bonchev–Trinajstić information content (AvgIpc) is 3.01. The number of thiophene rings is 1. The van der Waals surface area contributed by atoms with E-state index in [4.69, 9.17) is 5.73 Å². The molecule has 4 nitrogen and oxygen atoms in total. The monoisotopic (exact) mass is 309 g/mol. The molecule has 1 aliphatic heterocycles. The van der Waals surface area contributed by atoms with E-state index in [-0.39, 0.29) is 5.91 Å². The normalized spacial score (nSPS) is 18.6. The third kappa shape index (κ3) is 5.09. The molecule has 0 bridgehead atoms. The average molecular weight is 309 g/mol. The smallest absolute Gasteiger partial charge is 0.220 e. The molecule has 0 saturated carbocycles. The van der Waals surface area contributed by atoms with Gasteiger partial charge < -0.3 is 11.1 Å². The zero-order valence-corrected chi connectivity index (χ0v) is 13.7. The Morgan fingerprint density at radius 3 is 2.90 bits per heavy atom. The number of piperidine rings is 1. The molecule has 2 heterocycles. The lowest BCUT2D eigenvalue weighted by molar-refractivity contribution is -0.121. The second kappa shape index (κ2) is 8.51. The van der Waals surface area contributed by atoms with Crippen LogP contribution in [0.2, 0.25) is 0 Å². The van der Waals surface area contributed by atoms with Crippen molar-refractivity contribution < 1.29 is 4.79 Å². The lowest BCUT2D eigenvalue weighted by Crippen LogP contribution is -2.41. The number of rotatable bonds is 7. The van der Waals surface area contributed by atoms with Gasteiger partial charge in [0.25, 0.3) is 0 Å². The number of nitrogens with two attached hydrogens (primary N) is 1. The number of nitrogens with zero attached hydrogens (tertiary/aromatic N) is 1. The first-order chi connectivity index (χ1) is 10.2. The molecule has 0 radical (unpaired) electrons. The van der Waals surface area contributed by atoms with Crippen LogP contribution in [0.25, 0.3) is 0 Å². The topological polar surface area (TPSA) is 58.4 Å². The highest BCUT2D eigenvalue weighted by atomic mass is 32.1. The first kappa shape index (κ1) is 16.5. The molecule has 118 valence electrons. The van der Waals surface area contributed by atoms with Gasteiger partial charge in [0.05, 0.1) is 6.04 Å². The van der Waals surface area contributed by atoms with Gasteiger partial charge >= 0.3 is 0 Å². The highest BCUT2D eigenvalue weighted by Gasteiger charge is 2.25. The fourth-order valence-electron chi connectivity index (χ4n) is 2.79. The van der Waals surface area contributed by atoms with Crippen molar-refractivity contribution in [2.45, 2.75) is 38.6 Å². The van der Waals surface area contributed by atoms with Crippen LogP contribution in [0.1, 0.15) is 43.5 Å². The molecule has 2 rings (SSSR count). The van der Waals surface area contributed by atoms with E-state index in [1.165, 1.54) is 17.7 Å². The molecule has 0 aliphatic carbocycles. The number of carbonyl (C=O) groups is 1. The minimum absolute atomic E-state index is 0.118. The lowest BCUT2D eigenvalue weighted by atomic mass is 9.97. The Hall–Kier alpha value is -0.910. The van der Waals surface area contributed by atoms with Gasteiger partial charge in [-0.05, 0) is 56.3 Å². The van der Waals surface area contributed by atoms with Crippen LogP contribution in [-0.4, -0.2) is 37.0 Å². The zero-order valence-electron chi connectivity index (χ0n) is 12.9. The summed E-state index contributed by atoms with van der Waals surface area (Å²) in [5, 5.41) is 5.20. The van der Waals surface area contributed by atoms with Gasteiger partial charge in [-0.2, -0.15) is 0 Å². The van der Waals surface area contributed by atoms with Crippen LogP contribution < -0.4 is 11.1 Å². The van der Waals surface area contributed by atoms with Gasteiger partial charge in [0.15, 0.2) is 0 Å². The van der Waals surface area contributed by atoms with Crippen molar-refractivity contribution in [2.24, 2.45) is 11.7 Å². The SMILES string of the molecule is CC1CCN(C(CNC(=O)CCCN)c2cccs2)CC1. The first-order valence-electron chi connectivity index (χ1n) is 7.95. The van der Waals surface area contributed by atoms with E-state index in [1.807, 2.05) is 0 Å². The van der Waals surface area contributed by atoms with Crippen molar-refractivity contribution in [2.75, 3.05) is 26.2 Å². The fraction of sp³-hybridized carbons (Fsp3) is 0.688. The third-order valence-electron chi connectivity index (χ3n) is 4.23. The summed E-state index contributed by atoms with van der Waals surface area (Å²) in [4.78, 5) is 15.7. The highest BCUT2D eigenvalue weighted by Crippen LogP contribution is 2.29. The second-order valence-corrected chi connectivity index (χ2v) is 6.93. The summed E-state index contributed by atoms with van der Waals surface area (Å²) in [6.07, 6.45) is 3.80. The van der Waals surface area contributed by atoms with Crippen molar-refractivity contribution in [1.29, 1.82) is 0 Å². The number of amides is 1. The van der Waals surface area contributed by atoms with Gasteiger partial charge in [-0.25, -0.2) is 0 Å². The Bertz CT molecular complexity index is 413. The standard InChI is InChI=1S/C16H27N3OS/c1-13-6-9-19(10-7-13)14(15-4-3-11-21-15)12-18-16(20)5-2-8-17/h3-4,11,13-14H,2,5-10,12,17H2,1H3,(H,18,20). The van der Waals surface area contributed by atoms with E-state index in [9.17, 15) is 4.79 Å². The molecule has 1 aliphatic rings. The molecule has 21 heavy (non-hydrogen) atoms. The highest BCUT2D eigenvalue weighted by molar-refractivity contribution is 7.10. The van der Waals surface area contributed by atoms with E-state index in [1.54, 1.807) is 11.3 Å². The van der Waals surface area contributed by atoms with Crippen LogP contribution >= 0.6 is 11.3 Å². The Kier molecular flexibility index (Phi) is 6.67. The summed E-state index contributed by atoms with van der Waals surface area (Å²) < 4.78 is 0. The summed E-state index contributed by atoms with van der Waals surface area (Å²) >= 11 is 1.78. The molecule has 0 aromatic carbocycles. The molecule has 1 amide bonds. The Balaban J connectivity index is 1.92. The molecular formula is C16H27N3OS. The third-order valence-corrected chi connectivity index (χ3v) is 5.20. The second-order valence-electron chi connectivity index (χ2n) is 5.95. The Labute approximate surface area is 131 Å². The molecule has 1 unspecified atom stereocenters. The minimum Gasteiger partial charge on any atom is -0.354 e. The van der Waals surface area contributed by atoms with Crippen molar-refractivity contribution in [3.63, 3.8) is 0 Å². The van der Waals surface area contributed by atoms with E-state index in [2.05, 4.69) is 34.7 Å². The predicted molar refractivity (Wildman–Crippen MR) is 88.3 cm³/mol. The van der Waals surface area contributed by atoms with Gasteiger partial charge in [-0.3, -0.25) is 9.69 Å². The number of likely N-dealkylation sites (tertiary alicyclic amines) is 1. The van der Waals surface area contributed by atoms with Crippen LogP contribution in [0.4, 0.5) is 0 Å². The summed E-state index contributed by atoms with van der Waals surface area (Å²) in [5.41, 5.74) is 5.45. The first-order valence-corrected chi connectivity index (χ1v) is 8.83. The van der Waals surface area contributed by atoms with Crippen molar-refractivity contribution >= 4 is 17.2 Å². The quantitative estimate of drug-likeness (QED) is 0.813. The number of carbonyl (C=O) groups excluding carboxylic acids is 1. The van der Waals surface area contributed by atoms with Crippen LogP contribution in [0, 0.1) is 5.92 Å². The van der Waals surface area contributed by atoms with Crippen molar-refractivity contribution in [3.8, 4) is 0 Å². The molecular weight excluding hydrogens is 282 g/mol. The Morgan fingerprint density at radius 2 is 2.29 bits per heavy atom. The maximum Gasteiger partial charge on any atom is 0.220 e. The van der Waals surface area contributed by atoms with Gasteiger partial charge in [0.1, 0.15) is 0 Å². The maximum atomic E-state index is 11.8. The summed E-state index contributed by atoms with van der Waals surface area (Å²) in [5.74, 6) is 0.941. The van der Waals surface area contributed by atoms with E-state index in [0.717, 1.165) is 25.4 Å². The van der Waals surface area contributed by atoms with E-state index < -0.39 is 0 Å². The number of hydrogen-bond acceptors (Lipinski definition) is 4. The largest absolute Gasteiger partial charge is 0.354 e. The Morgan fingerprint density at radius 1 is 1.52 bits per heavy atom. The lowest BCUT2D eigenvalue weighted by Gasteiger charge is -2.36. The van der Waals surface area contributed by atoms with Crippen LogP contribution in [-0.2, 0) is 4.79 Å². The van der Waals surface area contributed by atoms with Crippen LogP contribution in [0.15, 0.2) is 17.5 Å². The molecule has 0 spiro atoms. The predicted octanol–water partition coefficient (Wildman–Crippen LogP) is 2.38. The molecule has 1 saturated heterocycles. The minimum atomic E-state index is 0.118. The number of nitrogens with one attached hydrogen (secondary N) is 1. The molecule has 5 heteroatoms. The molecule has 1 fully saturated rings. The van der Waals surface area contributed by atoms with Crippen LogP contribution in [0.5, 0.6) is 0 Å². The molecule has 1 aromatic heterocycles. The van der Waals surface area contributed by atoms with Crippen LogP contribution in [0.3, 0.4) is 0 Å². The zero-order chi connectivity index (χ0) is 15.1. The van der Waals surface area contributed by atoms with Gasteiger partial charge in [-0.1, -0.05) is 13.0 Å². The van der Waals surface area contributed by atoms with Gasteiger partial charge in [0, 0.05) is 17.8 Å². The summed E-state index contributed by atoms with van der Waals surface area (Å²) in [6.45, 7) is 5.86. The molecule has 1 atom stereocenters. The summed E-state index contributed by atoms with van der Waals surface area (Å²) in [7, 11) is 0. The van der Waals surface area contributed by atoms with E-state index >= 15 is 0 Å².